The Labute approximate surface area is 112 Å². The molecule has 0 aromatic heterocycles. The Hall–Kier alpha value is -0.120. The number of ether oxygens (including phenoxy) is 1. The minimum atomic E-state index is -0.0163. The lowest BCUT2D eigenvalue weighted by molar-refractivity contribution is -0.0825. The van der Waals surface area contributed by atoms with E-state index in [1.807, 2.05) is 0 Å². The van der Waals surface area contributed by atoms with Gasteiger partial charge in [-0.1, -0.05) is 6.92 Å². The molecule has 2 aliphatic rings. The first-order valence-electron chi connectivity index (χ1n) is 7.52. The summed E-state index contributed by atoms with van der Waals surface area (Å²) in [4.78, 5) is 2.66. The average molecular weight is 254 g/mol. The minimum Gasteiger partial charge on any atom is -0.368 e. The molecule has 106 valence electrons. The third kappa shape index (κ3) is 3.06. The van der Waals surface area contributed by atoms with Crippen LogP contribution >= 0.6 is 0 Å². The molecule has 1 N–H and O–H groups in total. The predicted molar refractivity (Wildman–Crippen MR) is 75.9 cm³/mol. The second kappa shape index (κ2) is 5.10. The molecule has 0 spiro atoms. The SMILES string of the molecule is CCNC1CCCN(C2CC(C)(C)OC2(C)C)C1. The van der Waals surface area contributed by atoms with Gasteiger partial charge in [0.25, 0.3) is 0 Å². The van der Waals surface area contributed by atoms with Gasteiger partial charge in [0.15, 0.2) is 0 Å². The van der Waals surface area contributed by atoms with Gasteiger partial charge < -0.3 is 10.1 Å². The topological polar surface area (TPSA) is 24.5 Å². The quantitative estimate of drug-likeness (QED) is 0.837. The summed E-state index contributed by atoms with van der Waals surface area (Å²) in [6.45, 7) is 14.6. The van der Waals surface area contributed by atoms with Gasteiger partial charge >= 0.3 is 0 Å². The van der Waals surface area contributed by atoms with E-state index in [0.29, 0.717) is 12.1 Å². The van der Waals surface area contributed by atoms with Crippen molar-refractivity contribution in [1.29, 1.82) is 0 Å². The van der Waals surface area contributed by atoms with E-state index >= 15 is 0 Å². The minimum absolute atomic E-state index is 0.0163. The summed E-state index contributed by atoms with van der Waals surface area (Å²) in [5, 5.41) is 3.60. The molecule has 2 aliphatic heterocycles. The molecule has 3 heteroatoms. The van der Waals surface area contributed by atoms with E-state index in [0.717, 1.165) is 13.0 Å². The summed E-state index contributed by atoms with van der Waals surface area (Å²) in [5.41, 5.74) is 0.0108. The molecule has 2 saturated heterocycles. The molecule has 0 aromatic rings. The highest BCUT2D eigenvalue weighted by molar-refractivity contribution is 5.01. The van der Waals surface area contributed by atoms with E-state index in [9.17, 15) is 0 Å². The number of likely N-dealkylation sites (N-methyl/N-ethyl adjacent to an activating group) is 1. The van der Waals surface area contributed by atoms with Crippen molar-refractivity contribution >= 4 is 0 Å². The van der Waals surface area contributed by atoms with E-state index in [1.165, 1.54) is 25.9 Å². The van der Waals surface area contributed by atoms with E-state index in [-0.39, 0.29) is 11.2 Å². The van der Waals surface area contributed by atoms with E-state index in [2.05, 4.69) is 44.8 Å². The largest absolute Gasteiger partial charge is 0.368 e. The maximum Gasteiger partial charge on any atom is 0.0789 e. The van der Waals surface area contributed by atoms with Gasteiger partial charge in [0, 0.05) is 18.6 Å². The highest BCUT2D eigenvalue weighted by Crippen LogP contribution is 2.40. The highest BCUT2D eigenvalue weighted by atomic mass is 16.5. The summed E-state index contributed by atoms with van der Waals surface area (Å²) in [6.07, 6.45) is 3.78. The molecule has 0 amide bonds. The normalized spacial score (nSPS) is 35.8. The third-order valence-electron chi connectivity index (χ3n) is 4.41. The van der Waals surface area contributed by atoms with Gasteiger partial charge in [-0.25, -0.2) is 0 Å². The van der Waals surface area contributed by atoms with Crippen LogP contribution in [0.2, 0.25) is 0 Å². The summed E-state index contributed by atoms with van der Waals surface area (Å²) in [7, 11) is 0. The molecule has 2 fully saturated rings. The molecule has 18 heavy (non-hydrogen) atoms. The van der Waals surface area contributed by atoms with Crippen molar-refractivity contribution < 1.29 is 4.74 Å². The number of nitrogens with one attached hydrogen (secondary N) is 1. The molecule has 2 heterocycles. The number of piperidine rings is 1. The van der Waals surface area contributed by atoms with Crippen LogP contribution in [-0.2, 0) is 4.74 Å². The van der Waals surface area contributed by atoms with Crippen molar-refractivity contribution in [2.75, 3.05) is 19.6 Å². The Morgan fingerprint density at radius 1 is 1.28 bits per heavy atom. The molecule has 2 rings (SSSR count). The molecule has 2 unspecified atom stereocenters. The molecule has 0 aromatic carbocycles. The summed E-state index contributed by atoms with van der Waals surface area (Å²) >= 11 is 0. The second-order valence-corrected chi connectivity index (χ2v) is 7.08. The Morgan fingerprint density at radius 3 is 2.56 bits per heavy atom. The lowest BCUT2D eigenvalue weighted by atomic mass is 9.90. The number of nitrogens with zero attached hydrogens (tertiary/aromatic N) is 1. The zero-order valence-electron chi connectivity index (χ0n) is 12.8. The summed E-state index contributed by atoms with van der Waals surface area (Å²) in [6, 6.07) is 1.23. The summed E-state index contributed by atoms with van der Waals surface area (Å²) < 4.78 is 6.24. The predicted octanol–water partition coefficient (Wildman–Crippen LogP) is 2.41. The van der Waals surface area contributed by atoms with Gasteiger partial charge in [0.2, 0.25) is 0 Å². The van der Waals surface area contributed by atoms with Gasteiger partial charge in [-0.15, -0.1) is 0 Å². The molecule has 3 nitrogen and oxygen atoms in total. The first-order chi connectivity index (χ1) is 8.34. The van der Waals surface area contributed by atoms with Crippen LogP contribution < -0.4 is 5.32 Å². The van der Waals surface area contributed by atoms with E-state index < -0.39 is 0 Å². The maximum absolute atomic E-state index is 6.24. The lowest BCUT2D eigenvalue weighted by Gasteiger charge is -2.41. The fourth-order valence-electron chi connectivity index (χ4n) is 3.85. The molecule has 0 saturated carbocycles. The van der Waals surface area contributed by atoms with Crippen LogP contribution in [0.3, 0.4) is 0 Å². The lowest BCUT2D eigenvalue weighted by Crippen LogP contribution is -2.54. The molecular formula is C15H30N2O. The zero-order valence-corrected chi connectivity index (χ0v) is 12.8. The van der Waals surface area contributed by atoms with Gasteiger partial charge in [0.1, 0.15) is 0 Å². The maximum atomic E-state index is 6.24. The fourth-order valence-corrected chi connectivity index (χ4v) is 3.85. The molecule has 0 bridgehead atoms. The van der Waals surface area contributed by atoms with Gasteiger partial charge in [-0.3, -0.25) is 4.90 Å². The number of likely N-dealkylation sites (tertiary alicyclic amines) is 1. The Bertz CT molecular complexity index is 286. The van der Waals surface area contributed by atoms with Crippen LogP contribution in [0, 0.1) is 0 Å². The smallest absolute Gasteiger partial charge is 0.0789 e. The molecule has 2 atom stereocenters. The van der Waals surface area contributed by atoms with Crippen molar-refractivity contribution in [2.24, 2.45) is 0 Å². The Kier molecular flexibility index (Phi) is 4.05. The number of hydrogen-bond acceptors (Lipinski definition) is 3. The standard InChI is InChI=1S/C15H30N2O/c1-6-16-12-8-7-9-17(11-12)13-10-14(2,3)18-15(13,4)5/h12-13,16H,6-11H2,1-5H3. The van der Waals surface area contributed by atoms with Gasteiger partial charge in [0.05, 0.1) is 11.2 Å². The van der Waals surface area contributed by atoms with Crippen molar-refractivity contribution in [3.05, 3.63) is 0 Å². The van der Waals surface area contributed by atoms with Crippen molar-refractivity contribution in [2.45, 2.75) is 77.2 Å². The molecular weight excluding hydrogens is 224 g/mol. The van der Waals surface area contributed by atoms with Crippen LogP contribution in [0.15, 0.2) is 0 Å². The number of rotatable bonds is 3. The van der Waals surface area contributed by atoms with Crippen LogP contribution in [0.25, 0.3) is 0 Å². The third-order valence-corrected chi connectivity index (χ3v) is 4.41. The van der Waals surface area contributed by atoms with Crippen LogP contribution in [-0.4, -0.2) is 47.8 Å². The average Bonchev–Trinajstić information content (AvgIpc) is 2.48. The molecule has 0 radical (unpaired) electrons. The zero-order chi connectivity index (χ0) is 13.4. The van der Waals surface area contributed by atoms with Crippen LogP contribution in [0.4, 0.5) is 0 Å². The fraction of sp³-hybridized carbons (Fsp3) is 1.00. The van der Waals surface area contributed by atoms with Crippen molar-refractivity contribution in [3.8, 4) is 0 Å². The van der Waals surface area contributed by atoms with Gasteiger partial charge in [-0.2, -0.15) is 0 Å². The Morgan fingerprint density at radius 2 is 2.00 bits per heavy atom. The molecule has 0 aliphatic carbocycles. The van der Waals surface area contributed by atoms with Crippen molar-refractivity contribution in [3.63, 3.8) is 0 Å². The highest BCUT2D eigenvalue weighted by Gasteiger charge is 2.48. The first kappa shape index (κ1) is 14.3. The van der Waals surface area contributed by atoms with E-state index in [1.54, 1.807) is 0 Å². The monoisotopic (exact) mass is 254 g/mol. The second-order valence-electron chi connectivity index (χ2n) is 7.08. The van der Waals surface area contributed by atoms with Crippen molar-refractivity contribution in [1.82, 2.24) is 10.2 Å². The Balaban J connectivity index is 2.02. The van der Waals surface area contributed by atoms with Crippen LogP contribution in [0.5, 0.6) is 0 Å². The van der Waals surface area contributed by atoms with E-state index in [4.69, 9.17) is 4.74 Å². The number of hydrogen-bond donors (Lipinski definition) is 1. The first-order valence-corrected chi connectivity index (χ1v) is 7.52. The van der Waals surface area contributed by atoms with Crippen LogP contribution in [0.1, 0.15) is 53.9 Å². The van der Waals surface area contributed by atoms with Gasteiger partial charge in [-0.05, 0) is 60.0 Å². The summed E-state index contributed by atoms with van der Waals surface area (Å²) in [5.74, 6) is 0.